The fourth-order valence-electron chi connectivity index (χ4n) is 3.91. The monoisotopic (exact) mass is 374 g/mol. The average molecular weight is 375 g/mol. The molecule has 26 heavy (non-hydrogen) atoms. The number of rotatable bonds is 4. The van der Waals surface area contributed by atoms with Crippen molar-refractivity contribution in [1.82, 2.24) is 9.47 Å². The normalized spacial score (nSPS) is 17.4. The quantitative estimate of drug-likeness (QED) is 0.864. The molecule has 1 aliphatic heterocycles. The molecule has 1 unspecified atom stereocenters. The summed E-state index contributed by atoms with van der Waals surface area (Å²) in [6.07, 6.45) is 2.19. The van der Waals surface area contributed by atoms with Crippen molar-refractivity contribution in [1.29, 1.82) is 0 Å². The lowest BCUT2D eigenvalue weighted by atomic mass is 9.92. The van der Waals surface area contributed by atoms with Crippen LogP contribution < -0.4 is 5.56 Å². The third-order valence-corrected chi connectivity index (χ3v) is 5.73. The van der Waals surface area contributed by atoms with Crippen molar-refractivity contribution in [3.05, 3.63) is 62.5 Å². The van der Waals surface area contributed by atoms with Gasteiger partial charge in [0.05, 0.1) is 11.6 Å². The second-order valence-corrected chi connectivity index (χ2v) is 7.74. The van der Waals surface area contributed by atoms with Gasteiger partial charge in [-0.15, -0.1) is 0 Å². The maximum absolute atomic E-state index is 13.2. The zero-order valence-electron chi connectivity index (χ0n) is 15.7. The first-order valence-electron chi connectivity index (χ1n) is 9.35. The SMILES string of the molecule is CCn1c(C)cc(O)c(C(c2ccc(Cl)cc2)N2CCC(C)CC2)c1=O. The minimum atomic E-state index is -0.259. The van der Waals surface area contributed by atoms with E-state index in [-0.39, 0.29) is 17.4 Å². The molecule has 140 valence electrons. The smallest absolute Gasteiger partial charge is 0.259 e. The van der Waals surface area contributed by atoms with Gasteiger partial charge in [0.1, 0.15) is 5.75 Å². The van der Waals surface area contributed by atoms with Crippen molar-refractivity contribution in [2.75, 3.05) is 13.1 Å². The van der Waals surface area contributed by atoms with Gasteiger partial charge in [0.2, 0.25) is 0 Å². The Hall–Kier alpha value is -1.78. The Bertz CT molecular complexity index is 821. The number of benzene rings is 1. The molecule has 1 fully saturated rings. The number of aromatic hydroxyl groups is 1. The molecule has 1 atom stereocenters. The maximum Gasteiger partial charge on any atom is 0.259 e. The van der Waals surface area contributed by atoms with Gasteiger partial charge in [-0.2, -0.15) is 0 Å². The third kappa shape index (κ3) is 3.67. The zero-order chi connectivity index (χ0) is 18.8. The summed E-state index contributed by atoms with van der Waals surface area (Å²) in [4.78, 5) is 15.5. The van der Waals surface area contributed by atoms with E-state index in [9.17, 15) is 9.90 Å². The molecule has 1 aromatic carbocycles. The number of nitrogens with zero attached hydrogens (tertiary/aromatic N) is 2. The summed E-state index contributed by atoms with van der Waals surface area (Å²) in [5.41, 5.74) is 2.13. The molecule has 0 saturated carbocycles. The molecule has 5 heteroatoms. The number of halogens is 1. The van der Waals surface area contributed by atoms with Crippen molar-refractivity contribution >= 4 is 11.6 Å². The molecule has 1 aromatic heterocycles. The Balaban J connectivity index is 2.15. The Kier molecular flexibility index (Phi) is 5.73. The van der Waals surface area contributed by atoms with Crippen LogP contribution in [0.15, 0.2) is 35.1 Å². The minimum absolute atomic E-state index is 0.0794. The highest BCUT2D eigenvalue weighted by Gasteiger charge is 2.31. The molecule has 1 N–H and O–H groups in total. The zero-order valence-corrected chi connectivity index (χ0v) is 16.5. The highest BCUT2D eigenvalue weighted by molar-refractivity contribution is 6.30. The molecule has 1 saturated heterocycles. The molecule has 0 bridgehead atoms. The van der Waals surface area contributed by atoms with E-state index in [1.807, 2.05) is 38.1 Å². The molecular weight excluding hydrogens is 348 g/mol. The predicted octanol–water partition coefficient (Wildman–Crippen LogP) is 4.36. The van der Waals surface area contributed by atoms with Gasteiger partial charge < -0.3 is 9.67 Å². The standard InChI is InChI=1S/C21H27ClN2O2/c1-4-24-15(3)13-18(25)19(21(24)26)20(16-5-7-17(22)8-6-16)23-11-9-14(2)10-12-23/h5-8,13-14,20,25H,4,9-12H2,1-3H3. The Morgan fingerprint density at radius 2 is 1.85 bits per heavy atom. The summed E-state index contributed by atoms with van der Waals surface area (Å²) in [6, 6.07) is 9.06. The van der Waals surface area contributed by atoms with Gasteiger partial charge in [-0.1, -0.05) is 30.7 Å². The van der Waals surface area contributed by atoms with Crippen molar-refractivity contribution in [3.8, 4) is 5.75 Å². The Labute approximate surface area is 160 Å². The highest BCUT2D eigenvalue weighted by atomic mass is 35.5. The van der Waals surface area contributed by atoms with E-state index in [0.29, 0.717) is 23.0 Å². The Morgan fingerprint density at radius 1 is 1.23 bits per heavy atom. The number of likely N-dealkylation sites (tertiary alicyclic amines) is 1. The van der Waals surface area contributed by atoms with Crippen LogP contribution in [0.25, 0.3) is 0 Å². The molecule has 0 radical (unpaired) electrons. The van der Waals surface area contributed by atoms with E-state index in [1.165, 1.54) is 0 Å². The summed E-state index contributed by atoms with van der Waals surface area (Å²) in [6.45, 7) is 8.48. The number of piperidine rings is 1. The first-order valence-corrected chi connectivity index (χ1v) is 9.73. The van der Waals surface area contributed by atoms with Gasteiger partial charge in [0, 0.05) is 17.3 Å². The van der Waals surface area contributed by atoms with Gasteiger partial charge in [-0.3, -0.25) is 9.69 Å². The van der Waals surface area contributed by atoms with Crippen LogP contribution in [-0.4, -0.2) is 27.7 Å². The molecule has 4 nitrogen and oxygen atoms in total. The summed E-state index contributed by atoms with van der Waals surface area (Å²) in [5.74, 6) is 0.770. The van der Waals surface area contributed by atoms with E-state index in [2.05, 4.69) is 11.8 Å². The van der Waals surface area contributed by atoms with E-state index in [1.54, 1.807) is 10.6 Å². The van der Waals surface area contributed by atoms with Crippen LogP contribution >= 0.6 is 11.6 Å². The number of pyridine rings is 1. The lowest BCUT2D eigenvalue weighted by molar-refractivity contribution is 0.154. The maximum atomic E-state index is 13.2. The molecule has 2 aromatic rings. The second kappa shape index (κ2) is 7.85. The topological polar surface area (TPSA) is 45.5 Å². The van der Waals surface area contributed by atoms with Crippen molar-refractivity contribution < 1.29 is 5.11 Å². The average Bonchev–Trinajstić information content (AvgIpc) is 2.61. The van der Waals surface area contributed by atoms with Crippen molar-refractivity contribution in [2.45, 2.75) is 46.2 Å². The van der Waals surface area contributed by atoms with Crippen LogP contribution in [0.5, 0.6) is 5.75 Å². The van der Waals surface area contributed by atoms with Crippen LogP contribution in [0.3, 0.4) is 0 Å². The Morgan fingerprint density at radius 3 is 2.42 bits per heavy atom. The van der Waals surface area contributed by atoms with E-state index < -0.39 is 0 Å². The molecular formula is C21H27ClN2O2. The van der Waals surface area contributed by atoms with Crippen molar-refractivity contribution in [3.63, 3.8) is 0 Å². The lowest BCUT2D eigenvalue weighted by Gasteiger charge is -2.37. The van der Waals surface area contributed by atoms with Crippen LogP contribution in [0.4, 0.5) is 0 Å². The van der Waals surface area contributed by atoms with Crippen LogP contribution in [0.2, 0.25) is 5.02 Å². The van der Waals surface area contributed by atoms with Crippen LogP contribution in [0, 0.1) is 12.8 Å². The van der Waals surface area contributed by atoms with Crippen LogP contribution in [0.1, 0.15) is 49.6 Å². The minimum Gasteiger partial charge on any atom is -0.507 e. The summed E-state index contributed by atoms with van der Waals surface area (Å²) in [5, 5.41) is 11.4. The number of aryl methyl sites for hydroxylation is 1. The summed E-state index contributed by atoms with van der Waals surface area (Å²) < 4.78 is 1.73. The van der Waals surface area contributed by atoms with Gasteiger partial charge >= 0.3 is 0 Å². The van der Waals surface area contributed by atoms with E-state index in [4.69, 9.17) is 11.6 Å². The van der Waals surface area contributed by atoms with Gasteiger partial charge in [-0.05, 0) is 69.5 Å². The number of hydrogen-bond donors (Lipinski definition) is 1. The summed E-state index contributed by atoms with van der Waals surface area (Å²) in [7, 11) is 0. The first kappa shape index (κ1) is 19.0. The molecule has 0 amide bonds. The largest absolute Gasteiger partial charge is 0.507 e. The van der Waals surface area contributed by atoms with Gasteiger partial charge in [0.15, 0.2) is 0 Å². The van der Waals surface area contributed by atoms with E-state index >= 15 is 0 Å². The fourth-order valence-corrected chi connectivity index (χ4v) is 4.04. The molecule has 3 rings (SSSR count). The van der Waals surface area contributed by atoms with Gasteiger partial charge in [0.25, 0.3) is 5.56 Å². The molecule has 0 aliphatic carbocycles. The first-order chi connectivity index (χ1) is 12.4. The fraction of sp³-hybridized carbons (Fsp3) is 0.476. The van der Waals surface area contributed by atoms with E-state index in [0.717, 1.165) is 37.2 Å². The lowest BCUT2D eigenvalue weighted by Crippen LogP contribution is -2.40. The highest BCUT2D eigenvalue weighted by Crippen LogP contribution is 2.35. The molecule has 0 spiro atoms. The molecule has 1 aliphatic rings. The third-order valence-electron chi connectivity index (χ3n) is 5.48. The number of hydrogen-bond acceptors (Lipinski definition) is 3. The van der Waals surface area contributed by atoms with Crippen molar-refractivity contribution in [2.24, 2.45) is 5.92 Å². The van der Waals surface area contributed by atoms with Crippen LogP contribution in [-0.2, 0) is 6.54 Å². The van der Waals surface area contributed by atoms with Gasteiger partial charge in [-0.25, -0.2) is 0 Å². The summed E-state index contributed by atoms with van der Waals surface area (Å²) >= 11 is 6.07. The second-order valence-electron chi connectivity index (χ2n) is 7.31. The molecule has 2 heterocycles. The predicted molar refractivity (Wildman–Crippen MR) is 106 cm³/mol. The number of aromatic nitrogens is 1.